The molecule has 0 amide bonds. The lowest BCUT2D eigenvalue weighted by molar-refractivity contribution is 0.324. The molecule has 0 saturated heterocycles. The number of aliphatic hydroxyl groups excluding tert-OH is 1. The first-order valence-corrected chi connectivity index (χ1v) is 17.5. The van der Waals surface area contributed by atoms with Gasteiger partial charge in [-0.05, 0) is 65.3 Å². The monoisotopic (exact) mass is 678 g/mol. The van der Waals surface area contributed by atoms with E-state index in [0.29, 0.717) is 48.0 Å². The Morgan fingerprint density at radius 1 is 0.569 bits per heavy atom. The number of rotatable bonds is 6. The SMILES string of the molecule is CC1(Cc2cccc(C(C)(C)c3cccc(CC4(C)c5ccc(O)cc5Oc5cc(O)ccc54)c3)c2)C2=C(C=C(O)CC2)Oc2cc(O)ccc21. The molecule has 6 heteroatoms. The minimum absolute atomic E-state index is 0.132. The minimum atomic E-state index is -0.474. The van der Waals surface area contributed by atoms with Crippen LogP contribution >= 0.6 is 0 Å². The van der Waals surface area contributed by atoms with Gasteiger partial charge in [0.25, 0.3) is 0 Å². The summed E-state index contributed by atoms with van der Waals surface area (Å²) in [5, 5.41) is 41.2. The highest BCUT2D eigenvalue weighted by atomic mass is 16.5. The van der Waals surface area contributed by atoms with Crippen LogP contribution in [0.2, 0.25) is 0 Å². The van der Waals surface area contributed by atoms with E-state index in [0.717, 1.165) is 28.7 Å². The highest BCUT2D eigenvalue weighted by Crippen LogP contribution is 2.52. The normalized spacial score (nSPS) is 18.7. The Bertz CT molecular complexity index is 2230. The van der Waals surface area contributed by atoms with Gasteiger partial charge in [0.2, 0.25) is 0 Å². The van der Waals surface area contributed by atoms with Crippen LogP contribution in [0.3, 0.4) is 0 Å². The fourth-order valence-electron chi connectivity index (χ4n) is 8.54. The van der Waals surface area contributed by atoms with Crippen molar-refractivity contribution in [3.8, 4) is 34.5 Å². The average Bonchev–Trinajstić information content (AvgIpc) is 3.08. The molecule has 0 aromatic heterocycles. The largest absolute Gasteiger partial charge is 0.512 e. The van der Waals surface area contributed by atoms with Gasteiger partial charge >= 0.3 is 0 Å². The van der Waals surface area contributed by atoms with Gasteiger partial charge in [0, 0.05) is 63.6 Å². The van der Waals surface area contributed by atoms with Crippen LogP contribution in [-0.4, -0.2) is 20.4 Å². The van der Waals surface area contributed by atoms with Gasteiger partial charge in [0.05, 0.1) is 5.76 Å². The predicted molar refractivity (Wildman–Crippen MR) is 198 cm³/mol. The summed E-state index contributed by atoms with van der Waals surface area (Å²) in [6.45, 7) is 8.97. The molecule has 6 nitrogen and oxygen atoms in total. The van der Waals surface area contributed by atoms with Crippen molar-refractivity contribution in [2.24, 2.45) is 0 Å². The van der Waals surface area contributed by atoms with E-state index >= 15 is 0 Å². The lowest BCUT2D eigenvalue weighted by Gasteiger charge is -2.40. The second kappa shape index (κ2) is 11.7. The van der Waals surface area contributed by atoms with Crippen LogP contribution in [0, 0.1) is 0 Å². The van der Waals surface area contributed by atoms with Crippen molar-refractivity contribution in [1.82, 2.24) is 0 Å². The number of benzene rings is 5. The number of phenolic OH excluding ortho intramolecular Hbond substituents is 3. The molecular weight excluding hydrogens is 636 g/mol. The first kappa shape index (κ1) is 32.6. The topological polar surface area (TPSA) is 99.4 Å². The van der Waals surface area contributed by atoms with Crippen molar-refractivity contribution in [2.45, 2.75) is 69.6 Å². The summed E-state index contributed by atoms with van der Waals surface area (Å²) in [4.78, 5) is 0. The molecule has 0 radical (unpaired) electrons. The van der Waals surface area contributed by atoms with Gasteiger partial charge in [-0.15, -0.1) is 0 Å². The smallest absolute Gasteiger partial charge is 0.135 e. The van der Waals surface area contributed by atoms with E-state index in [9.17, 15) is 20.4 Å². The van der Waals surface area contributed by atoms with E-state index in [1.165, 1.54) is 22.3 Å². The molecule has 258 valence electrons. The zero-order valence-corrected chi connectivity index (χ0v) is 29.3. The molecule has 51 heavy (non-hydrogen) atoms. The minimum Gasteiger partial charge on any atom is -0.512 e. The second-order valence-electron chi connectivity index (χ2n) is 15.3. The first-order valence-electron chi connectivity index (χ1n) is 17.5. The summed E-state index contributed by atoms with van der Waals surface area (Å²) >= 11 is 0. The molecule has 1 aliphatic carbocycles. The fourth-order valence-corrected chi connectivity index (χ4v) is 8.54. The van der Waals surface area contributed by atoms with Gasteiger partial charge in [0.1, 0.15) is 40.3 Å². The molecule has 2 aliphatic heterocycles. The number of fused-ring (bicyclic) bond motifs is 3. The van der Waals surface area contributed by atoms with Crippen LogP contribution in [0.4, 0.5) is 0 Å². The molecule has 0 bridgehead atoms. The summed E-state index contributed by atoms with van der Waals surface area (Å²) in [7, 11) is 0. The van der Waals surface area contributed by atoms with E-state index in [-0.39, 0.29) is 22.7 Å². The zero-order valence-electron chi connectivity index (χ0n) is 29.3. The Balaban J connectivity index is 1.13. The summed E-state index contributed by atoms with van der Waals surface area (Å²) in [6.07, 6.45) is 4.42. The van der Waals surface area contributed by atoms with Crippen molar-refractivity contribution < 1.29 is 29.9 Å². The van der Waals surface area contributed by atoms with E-state index in [4.69, 9.17) is 9.47 Å². The van der Waals surface area contributed by atoms with Crippen LogP contribution in [0.25, 0.3) is 0 Å². The molecule has 8 rings (SSSR count). The summed E-state index contributed by atoms with van der Waals surface area (Å²) in [5.41, 5.74) is 7.73. The molecule has 1 unspecified atom stereocenters. The maximum atomic E-state index is 10.4. The Morgan fingerprint density at radius 2 is 1.04 bits per heavy atom. The molecule has 2 heterocycles. The van der Waals surface area contributed by atoms with E-state index in [1.54, 1.807) is 42.5 Å². The van der Waals surface area contributed by atoms with Gasteiger partial charge in [0.15, 0.2) is 0 Å². The molecule has 1 atom stereocenters. The highest BCUT2D eigenvalue weighted by molar-refractivity contribution is 5.61. The number of phenols is 3. The average molecular weight is 679 g/mol. The van der Waals surface area contributed by atoms with Crippen LogP contribution < -0.4 is 9.47 Å². The molecule has 0 spiro atoms. The van der Waals surface area contributed by atoms with Crippen molar-refractivity contribution in [2.75, 3.05) is 0 Å². The van der Waals surface area contributed by atoms with Crippen LogP contribution in [0.1, 0.15) is 79.5 Å². The number of hydrogen-bond donors (Lipinski definition) is 4. The maximum Gasteiger partial charge on any atom is 0.135 e. The van der Waals surface area contributed by atoms with Gasteiger partial charge in [-0.3, -0.25) is 0 Å². The summed E-state index contributed by atoms with van der Waals surface area (Å²) < 4.78 is 12.4. The zero-order chi connectivity index (χ0) is 35.7. The standard InChI is InChI=1S/C45H42O6/c1-43(2,29-9-5-7-27(19-29)25-44(3)35-15-11-31(46)21-39(35)50-40-22-32(47)12-16-36(40)44)30-10-6-8-28(20-30)26-45(4)37-17-13-33(48)23-41(37)51-42-24-34(49)14-18-38(42)45/h5-13,15-17,19-24,46-49H,14,18,25-26H2,1-4H3. The fraction of sp³-hybridized carbons (Fsp3) is 0.244. The van der Waals surface area contributed by atoms with Gasteiger partial charge in [-0.25, -0.2) is 0 Å². The van der Waals surface area contributed by atoms with Gasteiger partial charge in [-0.2, -0.15) is 0 Å². The summed E-state index contributed by atoms with van der Waals surface area (Å²) in [5.74, 6) is 3.18. The Kier molecular flexibility index (Phi) is 7.49. The lowest BCUT2D eigenvalue weighted by Crippen LogP contribution is -2.34. The number of ether oxygens (including phenoxy) is 2. The molecule has 3 aliphatic rings. The third kappa shape index (κ3) is 5.50. The molecule has 0 fully saturated rings. The van der Waals surface area contributed by atoms with Crippen LogP contribution in [0.5, 0.6) is 34.5 Å². The van der Waals surface area contributed by atoms with E-state index in [2.05, 4.69) is 76.2 Å². The van der Waals surface area contributed by atoms with Gasteiger partial charge in [-0.1, -0.05) is 94.4 Å². The Hall–Kier alpha value is -5.62. The quantitative estimate of drug-likeness (QED) is 0.143. The third-order valence-corrected chi connectivity index (χ3v) is 11.4. The second-order valence-corrected chi connectivity index (χ2v) is 15.3. The predicted octanol–water partition coefficient (Wildman–Crippen LogP) is 10.2. The van der Waals surface area contributed by atoms with E-state index in [1.807, 2.05) is 18.2 Å². The lowest BCUT2D eigenvalue weighted by atomic mass is 9.67. The molecule has 0 saturated carbocycles. The van der Waals surface area contributed by atoms with Crippen molar-refractivity contribution >= 4 is 0 Å². The number of allylic oxidation sites excluding steroid dienone is 3. The highest BCUT2D eigenvalue weighted by Gasteiger charge is 2.42. The molecular formula is C45H42O6. The van der Waals surface area contributed by atoms with E-state index < -0.39 is 10.8 Å². The van der Waals surface area contributed by atoms with Gasteiger partial charge < -0.3 is 29.9 Å². The number of aromatic hydroxyl groups is 3. The molecule has 5 aromatic carbocycles. The number of aliphatic hydroxyl groups is 1. The Morgan fingerprint density at radius 3 is 1.57 bits per heavy atom. The summed E-state index contributed by atoms with van der Waals surface area (Å²) in [6, 6.07) is 33.5. The van der Waals surface area contributed by atoms with Crippen LogP contribution in [0.15, 0.2) is 126 Å². The first-order chi connectivity index (χ1) is 24.3. The number of hydrogen-bond acceptors (Lipinski definition) is 6. The maximum absolute atomic E-state index is 10.4. The Labute approximate surface area is 298 Å². The molecule has 4 N–H and O–H groups in total. The van der Waals surface area contributed by atoms with Crippen molar-refractivity contribution in [1.29, 1.82) is 0 Å². The molecule has 5 aromatic rings. The van der Waals surface area contributed by atoms with Crippen LogP contribution in [-0.2, 0) is 29.1 Å². The third-order valence-electron chi connectivity index (χ3n) is 11.4. The van der Waals surface area contributed by atoms with Crippen molar-refractivity contribution in [3.63, 3.8) is 0 Å². The van der Waals surface area contributed by atoms with Crippen molar-refractivity contribution in [3.05, 3.63) is 165 Å².